The molecular weight excluding hydrogens is 335 g/mol. The Morgan fingerprint density at radius 1 is 1.17 bits per heavy atom. The zero-order valence-corrected chi connectivity index (χ0v) is 12.3. The lowest BCUT2D eigenvalue weighted by Crippen LogP contribution is -2.20. The molecule has 0 saturated carbocycles. The topological polar surface area (TPSA) is 47.6 Å². The van der Waals surface area contributed by atoms with Crippen LogP contribution in [0.5, 0.6) is 11.5 Å². The molecule has 8 heteroatoms. The highest BCUT2D eigenvalue weighted by Crippen LogP contribution is 2.28. The van der Waals surface area contributed by atoms with Crippen molar-refractivity contribution >= 4 is 23.2 Å². The number of amides is 1. The van der Waals surface area contributed by atoms with Gasteiger partial charge < -0.3 is 14.8 Å². The molecule has 122 valence electrons. The van der Waals surface area contributed by atoms with E-state index in [1.807, 2.05) is 0 Å². The molecule has 0 aliphatic rings. The molecular formula is C15H11ClF3NO3. The minimum absolute atomic E-state index is 0.0671. The van der Waals surface area contributed by atoms with E-state index >= 15 is 0 Å². The summed E-state index contributed by atoms with van der Waals surface area (Å²) in [4.78, 5) is 11.7. The van der Waals surface area contributed by atoms with Crippen molar-refractivity contribution in [2.24, 2.45) is 0 Å². The van der Waals surface area contributed by atoms with Crippen LogP contribution in [-0.4, -0.2) is 19.1 Å². The highest BCUT2D eigenvalue weighted by molar-refractivity contribution is 6.32. The van der Waals surface area contributed by atoms with E-state index in [1.165, 1.54) is 42.5 Å². The number of rotatable bonds is 6. The third kappa shape index (κ3) is 5.37. The molecule has 0 heterocycles. The van der Waals surface area contributed by atoms with E-state index in [-0.39, 0.29) is 17.4 Å². The Labute approximate surface area is 134 Å². The molecule has 0 fully saturated rings. The molecule has 0 aliphatic heterocycles. The molecule has 0 bridgehead atoms. The maximum Gasteiger partial charge on any atom is 0.387 e. The van der Waals surface area contributed by atoms with Crippen LogP contribution in [0.2, 0.25) is 5.02 Å². The van der Waals surface area contributed by atoms with E-state index in [2.05, 4.69) is 10.1 Å². The smallest absolute Gasteiger partial charge is 0.387 e. The van der Waals surface area contributed by atoms with Crippen LogP contribution in [0, 0.1) is 5.82 Å². The molecule has 2 aromatic rings. The molecule has 0 radical (unpaired) electrons. The van der Waals surface area contributed by atoms with E-state index in [0.29, 0.717) is 11.4 Å². The van der Waals surface area contributed by atoms with Gasteiger partial charge in [-0.15, -0.1) is 0 Å². The fourth-order valence-electron chi connectivity index (χ4n) is 1.65. The van der Waals surface area contributed by atoms with Crippen LogP contribution < -0.4 is 14.8 Å². The number of carbonyl (C=O) groups excluding carboxylic acids is 1. The molecule has 0 aliphatic carbocycles. The summed E-state index contributed by atoms with van der Waals surface area (Å²) in [5.74, 6) is -0.766. The zero-order valence-electron chi connectivity index (χ0n) is 11.6. The van der Waals surface area contributed by atoms with E-state index in [1.54, 1.807) is 0 Å². The van der Waals surface area contributed by atoms with Gasteiger partial charge in [-0.25, -0.2) is 4.39 Å². The van der Waals surface area contributed by atoms with Gasteiger partial charge in [-0.05, 0) is 42.5 Å². The number of benzene rings is 2. The lowest BCUT2D eigenvalue weighted by atomic mass is 10.3. The summed E-state index contributed by atoms with van der Waals surface area (Å²) in [6.07, 6.45) is 0. The van der Waals surface area contributed by atoms with Crippen LogP contribution in [0.4, 0.5) is 18.9 Å². The summed E-state index contributed by atoms with van der Waals surface area (Å²) in [5, 5.41) is 2.41. The number of anilines is 1. The van der Waals surface area contributed by atoms with Crippen LogP contribution in [0.25, 0.3) is 0 Å². The van der Waals surface area contributed by atoms with Crippen LogP contribution >= 0.6 is 11.6 Å². The van der Waals surface area contributed by atoms with Crippen molar-refractivity contribution in [1.29, 1.82) is 0 Å². The first kappa shape index (κ1) is 17.0. The summed E-state index contributed by atoms with van der Waals surface area (Å²) >= 11 is 5.77. The standard InChI is InChI=1S/C15H11ClF3NO3/c16-12-7-10(3-6-13(12)23-15(18)19)20-14(21)8-22-11-4-1-9(17)2-5-11/h1-7,15H,8H2,(H,20,21). The Balaban J connectivity index is 1.89. The Hall–Kier alpha value is -2.41. The molecule has 0 spiro atoms. The van der Waals surface area contributed by atoms with Crippen molar-refractivity contribution in [2.45, 2.75) is 6.61 Å². The molecule has 2 rings (SSSR count). The fraction of sp³-hybridized carbons (Fsp3) is 0.133. The maximum atomic E-state index is 12.7. The molecule has 0 unspecified atom stereocenters. The molecule has 0 aromatic heterocycles. The second-order valence-electron chi connectivity index (χ2n) is 4.31. The first-order valence-electron chi connectivity index (χ1n) is 6.36. The average molecular weight is 346 g/mol. The largest absolute Gasteiger partial charge is 0.484 e. The highest BCUT2D eigenvalue weighted by atomic mass is 35.5. The quantitative estimate of drug-likeness (QED) is 0.857. The van der Waals surface area contributed by atoms with Gasteiger partial charge in [-0.3, -0.25) is 4.79 Å². The van der Waals surface area contributed by atoms with Crippen molar-refractivity contribution in [3.05, 3.63) is 53.3 Å². The number of hydrogen-bond donors (Lipinski definition) is 1. The van der Waals surface area contributed by atoms with Crippen LogP contribution in [-0.2, 0) is 4.79 Å². The van der Waals surface area contributed by atoms with Gasteiger partial charge >= 0.3 is 6.61 Å². The lowest BCUT2D eigenvalue weighted by Gasteiger charge is -2.10. The Bertz CT molecular complexity index is 680. The average Bonchev–Trinajstić information content (AvgIpc) is 2.49. The van der Waals surface area contributed by atoms with Gasteiger partial charge in [-0.1, -0.05) is 11.6 Å². The predicted molar refractivity (Wildman–Crippen MR) is 78.6 cm³/mol. The summed E-state index contributed by atoms with van der Waals surface area (Å²) in [6.45, 7) is -3.30. The second-order valence-corrected chi connectivity index (χ2v) is 4.72. The molecule has 1 N–H and O–H groups in total. The molecule has 0 atom stereocenters. The number of ether oxygens (including phenoxy) is 2. The summed E-state index contributed by atoms with van der Waals surface area (Å²) in [5.41, 5.74) is 0.296. The van der Waals surface area contributed by atoms with Gasteiger partial charge in [0.1, 0.15) is 17.3 Å². The number of carbonyl (C=O) groups is 1. The van der Waals surface area contributed by atoms with Crippen molar-refractivity contribution in [2.75, 3.05) is 11.9 Å². The van der Waals surface area contributed by atoms with Gasteiger partial charge in [0, 0.05) is 5.69 Å². The minimum atomic E-state index is -2.99. The maximum absolute atomic E-state index is 12.7. The number of halogens is 4. The lowest BCUT2D eigenvalue weighted by molar-refractivity contribution is -0.118. The van der Waals surface area contributed by atoms with Gasteiger partial charge in [0.15, 0.2) is 6.61 Å². The monoisotopic (exact) mass is 345 g/mol. The van der Waals surface area contributed by atoms with E-state index in [4.69, 9.17) is 16.3 Å². The zero-order chi connectivity index (χ0) is 16.8. The molecule has 1 amide bonds. The molecule has 4 nitrogen and oxygen atoms in total. The van der Waals surface area contributed by atoms with E-state index < -0.39 is 18.3 Å². The number of nitrogens with one attached hydrogen (secondary N) is 1. The Kier molecular flexibility index (Phi) is 5.70. The fourth-order valence-corrected chi connectivity index (χ4v) is 1.87. The number of alkyl halides is 2. The Morgan fingerprint density at radius 2 is 1.87 bits per heavy atom. The Morgan fingerprint density at radius 3 is 2.48 bits per heavy atom. The van der Waals surface area contributed by atoms with Crippen molar-refractivity contribution in [3.63, 3.8) is 0 Å². The van der Waals surface area contributed by atoms with Crippen LogP contribution in [0.1, 0.15) is 0 Å². The van der Waals surface area contributed by atoms with Crippen molar-refractivity contribution < 1.29 is 27.4 Å². The van der Waals surface area contributed by atoms with Crippen molar-refractivity contribution in [3.8, 4) is 11.5 Å². The second kappa shape index (κ2) is 7.73. The van der Waals surface area contributed by atoms with E-state index in [9.17, 15) is 18.0 Å². The highest BCUT2D eigenvalue weighted by Gasteiger charge is 2.10. The van der Waals surface area contributed by atoms with Crippen molar-refractivity contribution in [1.82, 2.24) is 0 Å². The van der Waals surface area contributed by atoms with Crippen LogP contribution in [0.3, 0.4) is 0 Å². The van der Waals surface area contributed by atoms with Gasteiger partial charge in [0.25, 0.3) is 5.91 Å². The normalized spacial score (nSPS) is 10.5. The summed E-state index contributed by atoms with van der Waals surface area (Å²) < 4.78 is 46.3. The van der Waals surface area contributed by atoms with Gasteiger partial charge in [-0.2, -0.15) is 8.78 Å². The predicted octanol–water partition coefficient (Wildman–Crippen LogP) is 4.10. The van der Waals surface area contributed by atoms with Crippen LogP contribution in [0.15, 0.2) is 42.5 Å². The van der Waals surface area contributed by atoms with Gasteiger partial charge in [0.05, 0.1) is 5.02 Å². The molecule has 2 aromatic carbocycles. The third-order valence-corrected chi connectivity index (χ3v) is 2.91. The number of hydrogen-bond acceptors (Lipinski definition) is 3. The third-order valence-electron chi connectivity index (χ3n) is 2.62. The molecule has 0 saturated heterocycles. The summed E-state index contributed by atoms with van der Waals surface area (Å²) in [6, 6.07) is 9.02. The first-order valence-corrected chi connectivity index (χ1v) is 6.74. The summed E-state index contributed by atoms with van der Waals surface area (Å²) in [7, 11) is 0. The SMILES string of the molecule is O=C(COc1ccc(F)cc1)Nc1ccc(OC(F)F)c(Cl)c1. The first-order chi connectivity index (χ1) is 10.9. The minimum Gasteiger partial charge on any atom is -0.484 e. The van der Waals surface area contributed by atoms with Gasteiger partial charge in [0.2, 0.25) is 0 Å². The molecule has 23 heavy (non-hydrogen) atoms. The van der Waals surface area contributed by atoms with E-state index in [0.717, 1.165) is 0 Å².